The Bertz CT molecular complexity index is 508. The van der Waals surface area contributed by atoms with Gasteiger partial charge in [-0.15, -0.1) is 0 Å². The molecular weight excluding hydrogens is 242 g/mol. The standard InChI is InChI=1S/C15H21NO3/c1-9-6-7-13(12(4)11(9)3)16(5)15(19)10(2)8-14(17)18/h6-7,10H,8H2,1-5H3,(H,17,18). The summed E-state index contributed by atoms with van der Waals surface area (Å²) in [5.41, 5.74) is 4.23. The molecule has 0 saturated heterocycles. The van der Waals surface area contributed by atoms with Gasteiger partial charge < -0.3 is 10.0 Å². The van der Waals surface area contributed by atoms with Gasteiger partial charge in [0.05, 0.1) is 6.42 Å². The molecule has 1 aromatic carbocycles. The second kappa shape index (κ2) is 5.87. The van der Waals surface area contributed by atoms with Gasteiger partial charge >= 0.3 is 5.97 Å². The number of aliphatic carboxylic acids is 1. The van der Waals surface area contributed by atoms with Crippen LogP contribution in [0.2, 0.25) is 0 Å². The quantitative estimate of drug-likeness (QED) is 0.908. The van der Waals surface area contributed by atoms with Gasteiger partial charge in [-0.2, -0.15) is 0 Å². The molecule has 4 heteroatoms. The van der Waals surface area contributed by atoms with Crippen LogP contribution in [-0.2, 0) is 9.59 Å². The van der Waals surface area contributed by atoms with Crippen LogP contribution >= 0.6 is 0 Å². The van der Waals surface area contributed by atoms with E-state index in [0.29, 0.717) is 0 Å². The number of carbonyl (C=O) groups is 2. The highest BCUT2D eigenvalue weighted by Gasteiger charge is 2.22. The number of benzene rings is 1. The third kappa shape index (κ3) is 3.34. The predicted octanol–water partition coefficient (Wildman–Crippen LogP) is 2.69. The average molecular weight is 263 g/mol. The second-order valence-electron chi connectivity index (χ2n) is 5.05. The molecule has 1 N–H and O–H groups in total. The number of nitrogens with zero attached hydrogens (tertiary/aromatic N) is 1. The summed E-state index contributed by atoms with van der Waals surface area (Å²) in [6.45, 7) is 7.67. The minimum atomic E-state index is -0.953. The van der Waals surface area contributed by atoms with Crippen molar-refractivity contribution in [3.8, 4) is 0 Å². The van der Waals surface area contributed by atoms with E-state index < -0.39 is 11.9 Å². The van der Waals surface area contributed by atoms with Gasteiger partial charge in [0.2, 0.25) is 5.91 Å². The highest BCUT2D eigenvalue weighted by atomic mass is 16.4. The normalized spacial score (nSPS) is 12.1. The minimum absolute atomic E-state index is 0.146. The van der Waals surface area contributed by atoms with Crippen LogP contribution in [0, 0.1) is 26.7 Å². The maximum Gasteiger partial charge on any atom is 0.304 e. The van der Waals surface area contributed by atoms with Crippen molar-refractivity contribution in [1.29, 1.82) is 0 Å². The van der Waals surface area contributed by atoms with Crippen LogP contribution in [0.1, 0.15) is 30.0 Å². The Morgan fingerprint density at radius 1 is 1.21 bits per heavy atom. The summed E-state index contributed by atoms with van der Waals surface area (Å²) in [5.74, 6) is -1.65. The lowest BCUT2D eigenvalue weighted by Crippen LogP contribution is -2.33. The van der Waals surface area contributed by atoms with E-state index >= 15 is 0 Å². The van der Waals surface area contributed by atoms with Gasteiger partial charge in [0.1, 0.15) is 0 Å². The van der Waals surface area contributed by atoms with E-state index in [0.717, 1.165) is 16.8 Å². The molecule has 0 aromatic heterocycles. The maximum absolute atomic E-state index is 12.2. The molecule has 0 bridgehead atoms. The van der Waals surface area contributed by atoms with Crippen molar-refractivity contribution >= 4 is 17.6 Å². The number of carboxylic acids is 1. The molecule has 0 aliphatic rings. The maximum atomic E-state index is 12.2. The zero-order valence-electron chi connectivity index (χ0n) is 12.2. The zero-order valence-corrected chi connectivity index (χ0v) is 12.2. The first kappa shape index (κ1) is 15.2. The smallest absolute Gasteiger partial charge is 0.304 e. The van der Waals surface area contributed by atoms with E-state index in [1.807, 2.05) is 32.9 Å². The van der Waals surface area contributed by atoms with Gasteiger partial charge in [-0.05, 0) is 43.5 Å². The van der Waals surface area contributed by atoms with Gasteiger partial charge in [-0.1, -0.05) is 13.0 Å². The van der Waals surface area contributed by atoms with Crippen LogP contribution in [0.3, 0.4) is 0 Å². The molecule has 19 heavy (non-hydrogen) atoms. The minimum Gasteiger partial charge on any atom is -0.481 e. The lowest BCUT2D eigenvalue weighted by molar-refractivity contribution is -0.140. The van der Waals surface area contributed by atoms with E-state index in [1.54, 1.807) is 18.9 Å². The molecule has 1 atom stereocenters. The Hall–Kier alpha value is -1.84. The second-order valence-corrected chi connectivity index (χ2v) is 5.05. The first-order chi connectivity index (χ1) is 8.75. The van der Waals surface area contributed by atoms with Crippen molar-refractivity contribution in [2.45, 2.75) is 34.1 Å². The number of carbonyl (C=O) groups excluding carboxylic acids is 1. The highest BCUT2D eigenvalue weighted by molar-refractivity contribution is 5.96. The van der Waals surface area contributed by atoms with E-state index in [1.165, 1.54) is 5.56 Å². The van der Waals surface area contributed by atoms with Gasteiger partial charge in [0.15, 0.2) is 0 Å². The molecule has 0 radical (unpaired) electrons. The number of amides is 1. The molecule has 4 nitrogen and oxygen atoms in total. The zero-order chi connectivity index (χ0) is 14.7. The molecule has 1 aromatic rings. The van der Waals surface area contributed by atoms with Crippen LogP contribution in [0.15, 0.2) is 12.1 Å². The van der Waals surface area contributed by atoms with Crippen molar-refractivity contribution in [2.24, 2.45) is 5.92 Å². The Morgan fingerprint density at radius 2 is 1.79 bits per heavy atom. The number of hydrogen-bond acceptors (Lipinski definition) is 2. The SMILES string of the molecule is Cc1ccc(N(C)C(=O)C(C)CC(=O)O)c(C)c1C. The number of rotatable bonds is 4. The van der Waals surface area contributed by atoms with Crippen LogP contribution in [0.25, 0.3) is 0 Å². The molecular formula is C15H21NO3. The lowest BCUT2D eigenvalue weighted by Gasteiger charge is -2.24. The largest absolute Gasteiger partial charge is 0.481 e. The summed E-state index contributed by atoms with van der Waals surface area (Å²) in [6, 6.07) is 3.88. The summed E-state index contributed by atoms with van der Waals surface area (Å²) in [5, 5.41) is 8.75. The lowest BCUT2D eigenvalue weighted by atomic mass is 10.0. The Kier molecular flexibility index (Phi) is 4.70. The summed E-state index contributed by atoms with van der Waals surface area (Å²) < 4.78 is 0. The van der Waals surface area contributed by atoms with Gasteiger partial charge in [0.25, 0.3) is 0 Å². The summed E-state index contributed by atoms with van der Waals surface area (Å²) >= 11 is 0. The number of hydrogen-bond donors (Lipinski definition) is 1. The van der Waals surface area contributed by atoms with Gasteiger partial charge in [0, 0.05) is 18.7 Å². The molecule has 0 saturated carbocycles. The molecule has 0 aliphatic heterocycles. The van der Waals surface area contributed by atoms with Crippen molar-refractivity contribution in [3.63, 3.8) is 0 Å². The van der Waals surface area contributed by atoms with E-state index in [2.05, 4.69) is 0 Å². The topological polar surface area (TPSA) is 57.6 Å². The van der Waals surface area contributed by atoms with Crippen molar-refractivity contribution < 1.29 is 14.7 Å². The average Bonchev–Trinajstić information content (AvgIpc) is 2.33. The molecule has 0 spiro atoms. The molecule has 0 aliphatic carbocycles. The first-order valence-electron chi connectivity index (χ1n) is 6.31. The van der Waals surface area contributed by atoms with E-state index in [-0.39, 0.29) is 12.3 Å². The van der Waals surface area contributed by atoms with Crippen molar-refractivity contribution in [2.75, 3.05) is 11.9 Å². The molecule has 1 unspecified atom stereocenters. The monoisotopic (exact) mass is 263 g/mol. The molecule has 1 rings (SSSR count). The highest BCUT2D eigenvalue weighted by Crippen LogP contribution is 2.25. The third-order valence-electron chi connectivity index (χ3n) is 3.62. The van der Waals surface area contributed by atoms with Crippen molar-refractivity contribution in [1.82, 2.24) is 0 Å². The van der Waals surface area contributed by atoms with Crippen LogP contribution in [0.4, 0.5) is 5.69 Å². The van der Waals surface area contributed by atoms with E-state index in [9.17, 15) is 9.59 Å². The number of carboxylic acid groups (broad SMARTS) is 1. The number of anilines is 1. The summed E-state index contributed by atoms with van der Waals surface area (Å²) in [6.07, 6.45) is -0.146. The van der Waals surface area contributed by atoms with Crippen LogP contribution in [-0.4, -0.2) is 24.0 Å². The summed E-state index contributed by atoms with van der Waals surface area (Å²) in [4.78, 5) is 24.4. The third-order valence-corrected chi connectivity index (χ3v) is 3.62. The molecule has 104 valence electrons. The Balaban J connectivity index is 3.00. The van der Waals surface area contributed by atoms with Gasteiger partial charge in [-0.3, -0.25) is 9.59 Å². The molecule has 1 amide bonds. The fourth-order valence-electron chi connectivity index (χ4n) is 2.10. The van der Waals surface area contributed by atoms with Gasteiger partial charge in [-0.25, -0.2) is 0 Å². The molecule has 0 fully saturated rings. The fraction of sp³-hybridized carbons (Fsp3) is 0.467. The summed E-state index contributed by atoms with van der Waals surface area (Å²) in [7, 11) is 1.69. The first-order valence-corrected chi connectivity index (χ1v) is 6.31. The Labute approximate surface area is 114 Å². The Morgan fingerprint density at radius 3 is 2.32 bits per heavy atom. The predicted molar refractivity (Wildman–Crippen MR) is 75.5 cm³/mol. The van der Waals surface area contributed by atoms with Crippen molar-refractivity contribution in [3.05, 3.63) is 28.8 Å². The fourth-order valence-corrected chi connectivity index (χ4v) is 2.10. The van der Waals surface area contributed by atoms with E-state index in [4.69, 9.17) is 5.11 Å². The van der Waals surface area contributed by atoms with Crippen LogP contribution in [0.5, 0.6) is 0 Å². The van der Waals surface area contributed by atoms with Crippen LogP contribution < -0.4 is 4.90 Å². The molecule has 0 heterocycles. The number of aryl methyl sites for hydroxylation is 1.